The Morgan fingerprint density at radius 3 is 2.67 bits per heavy atom. The first-order valence-electron chi connectivity index (χ1n) is 7.10. The van der Waals surface area contributed by atoms with Crippen LogP contribution in [0.15, 0.2) is 30.3 Å². The molecule has 0 radical (unpaired) electrons. The van der Waals surface area contributed by atoms with E-state index in [0.717, 1.165) is 25.5 Å². The second-order valence-electron chi connectivity index (χ2n) is 6.02. The SMILES string of the molecule is CC1(C)CC(C(CC[NH3+])c2ccccc2)CCO1. The van der Waals surface area contributed by atoms with E-state index in [4.69, 9.17) is 4.74 Å². The largest absolute Gasteiger partial charge is 0.376 e. The summed E-state index contributed by atoms with van der Waals surface area (Å²) in [6.07, 6.45) is 3.53. The fourth-order valence-electron chi connectivity index (χ4n) is 3.22. The van der Waals surface area contributed by atoms with Gasteiger partial charge in [0, 0.05) is 13.0 Å². The number of hydrogen-bond acceptors (Lipinski definition) is 1. The second-order valence-corrected chi connectivity index (χ2v) is 6.02. The van der Waals surface area contributed by atoms with E-state index < -0.39 is 0 Å². The molecule has 18 heavy (non-hydrogen) atoms. The van der Waals surface area contributed by atoms with Crippen LogP contribution in [-0.4, -0.2) is 18.8 Å². The molecule has 1 heterocycles. The molecule has 1 aliphatic rings. The minimum Gasteiger partial charge on any atom is -0.376 e. The van der Waals surface area contributed by atoms with Gasteiger partial charge in [-0.3, -0.25) is 0 Å². The molecule has 2 nitrogen and oxygen atoms in total. The van der Waals surface area contributed by atoms with Gasteiger partial charge in [0.1, 0.15) is 0 Å². The molecule has 2 heteroatoms. The summed E-state index contributed by atoms with van der Waals surface area (Å²) in [6.45, 7) is 6.34. The van der Waals surface area contributed by atoms with E-state index in [0.29, 0.717) is 5.92 Å². The molecule has 1 aromatic rings. The molecule has 1 fully saturated rings. The number of hydrogen-bond donors (Lipinski definition) is 1. The van der Waals surface area contributed by atoms with Crippen molar-refractivity contribution in [2.45, 2.75) is 44.6 Å². The van der Waals surface area contributed by atoms with E-state index in [1.54, 1.807) is 0 Å². The Labute approximate surface area is 111 Å². The summed E-state index contributed by atoms with van der Waals surface area (Å²) in [5, 5.41) is 0. The molecular formula is C16H26NO+. The van der Waals surface area contributed by atoms with Gasteiger partial charge in [0.25, 0.3) is 0 Å². The number of quaternary nitrogens is 1. The number of rotatable bonds is 4. The van der Waals surface area contributed by atoms with Crippen molar-refractivity contribution in [3.05, 3.63) is 35.9 Å². The molecule has 1 aliphatic heterocycles. The molecule has 0 spiro atoms. The zero-order chi connectivity index (χ0) is 13.0. The molecule has 0 aromatic heterocycles. The first kappa shape index (κ1) is 13.6. The maximum absolute atomic E-state index is 5.84. The lowest BCUT2D eigenvalue weighted by atomic mass is 9.75. The molecule has 3 N–H and O–H groups in total. The van der Waals surface area contributed by atoms with Crippen molar-refractivity contribution in [2.24, 2.45) is 5.92 Å². The van der Waals surface area contributed by atoms with Crippen molar-refractivity contribution in [2.75, 3.05) is 13.2 Å². The van der Waals surface area contributed by atoms with Crippen molar-refractivity contribution >= 4 is 0 Å². The van der Waals surface area contributed by atoms with Gasteiger partial charge in [-0.15, -0.1) is 0 Å². The Hall–Kier alpha value is -0.860. The second kappa shape index (κ2) is 5.85. The Bertz CT molecular complexity index is 361. The fraction of sp³-hybridized carbons (Fsp3) is 0.625. The highest BCUT2D eigenvalue weighted by Crippen LogP contribution is 2.39. The van der Waals surface area contributed by atoms with E-state index in [2.05, 4.69) is 49.9 Å². The van der Waals surface area contributed by atoms with Crippen molar-refractivity contribution in [1.82, 2.24) is 0 Å². The quantitative estimate of drug-likeness (QED) is 0.873. The average molecular weight is 248 g/mol. The summed E-state index contributed by atoms with van der Waals surface area (Å²) in [7, 11) is 0. The summed E-state index contributed by atoms with van der Waals surface area (Å²) in [6, 6.07) is 10.9. The number of benzene rings is 1. The summed E-state index contributed by atoms with van der Waals surface area (Å²) < 4.78 is 5.84. The zero-order valence-corrected chi connectivity index (χ0v) is 11.7. The standard InChI is InChI=1S/C16H25NO/c1-16(2)12-14(9-11-18-16)15(8-10-17)13-6-4-3-5-7-13/h3-7,14-15H,8-12,17H2,1-2H3/p+1. The maximum atomic E-state index is 5.84. The van der Waals surface area contributed by atoms with Crippen LogP contribution in [0.25, 0.3) is 0 Å². The Balaban J connectivity index is 2.15. The molecule has 0 aliphatic carbocycles. The van der Waals surface area contributed by atoms with E-state index >= 15 is 0 Å². The van der Waals surface area contributed by atoms with Crippen molar-refractivity contribution in [3.63, 3.8) is 0 Å². The van der Waals surface area contributed by atoms with Crippen molar-refractivity contribution in [1.29, 1.82) is 0 Å². The third-order valence-corrected chi connectivity index (χ3v) is 4.05. The highest BCUT2D eigenvalue weighted by Gasteiger charge is 2.33. The lowest BCUT2D eigenvalue weighted by Crippen LogP contribution is -2.51. The van der Waals surface area contributed by atoms with Crippen LogP contribution in [0.1, 0.15) is 44.6 Å². The molecule has 0 bridgehead atoms. The molecule has 0 amide bonds. The van der Waals surface area contributed by atoms with Crippen LogP contribution in [0.5, 0.6) is 0 Å². The van der Waals surface area contributed by atoms with E-state index in [-0.39, 0.29) is 5.60 Å². The van der Waals surface area contributed by atoms with Gasteiger partial charge in [-0.1, -0.05) is 30.3 Å². The maximum Gasteiger partial charge on any atom is 0.0745 e. The summed E-state index contributed by atoms with van der Waals surface area (Å²) >= 11 is 0. The summed E-state index contributed by atoms with van der Waals surface area (Å²) in [5.74, 6) is 1.38. The normalized spacial score (nSPS) is 24.7. The highest BCUT2D eigenvalue weighted by molar-refractivity contribution is 5.20. The molecule has 2 atom stereocenters. The average Bonchev–Trinajstić information content (AvgIpc) is 2.36. The minimum absolute atomic E-state index is 0.0388. The van der Waals surface area contributed by atoms with Crippen LogP contribution in [0, 0.1) is 5.92 Å². The van der Waals surface area contributed by atoms with Crippen LogP contribution in [-0.2, 0) is 4.74 Å². The fourth-order valence-corrected chi connectivity index (χ4v) is 3.22. The Kier molecular flexibility index (Phi) is 4.41. The predicted molar refractivity (Wildman–Crippen MR) is 74.3 cm³/mol. The molecule has 0 saturated carbocycles. The van der Waals surface area contributed by atoms with Gasteiger partial charge in [0.2, 0.25) is 0 Å². The van der Waals surface area contributed by atoms with Crippen LogP contribution in [0.2, 0.25) is 0 Å². The molecule has 2 unspecified atom stereocenters. The number of ether oxygens (including phenoxy) is 1. The van der Waals surface area contributed by atoms with Gasteiger partial charge >= 0.3 is 0 Å². The van der Waals surface area contributed by atoms with Crippen LogP contribution >= 0.6 is 0 Å². The first-order valence-corrected chi connectivity index (χ1v) is 7.10. The lowest BCUT2D eigenvalue weighted by Gasteiger charge is -2.39. The first-order chi connectivity index (χ1) is 8.62. The predicted octanol–water partition coefficient (Wildman–Crippen LogP) is 2.61. The monoisotopic (exact) mass is 248 g/mol. The van der Waals surface area contributed by atoms with Crippen LogP contribution < -0.4 is 5.73 Å². The zero-order valence-electron chi connectivity index (χ0n) is 11.7. The minimum atomic E-state index is 0.0388. The lowest BCUT2D eigenvalue weighted by molar-refractivity contribution is -0.369. The summed E-state index contributed by atoms with van der Waals surface area (Å²) in [5.41, 5.74) is 5.57. The summed E-state index contributed by atoms with van der Waals surface area (Å²) in [4.78, 5) is 0. The van der Waals surface area contributed by atoms with E-state index in [9.17, 15) is 0 Å². The van der Waals surface area contributed by atoms with Crippen LogP contribution in [0.4, 0.5) is 0 Å². The van der Waals surface area contributed by atoms with E-state index in [1.165, 1.54) is 18.4 Å². The molecule has 1 saturated heterocycles. The van der Waals surface area contributed by atoms with Crippen molar-refractivity contribution in [3.8, 4) is 0 Å². The van der Waals surface area contributed by atoms with Gasteiger partial charge < -0.3 is 10.5 Å². The van der Waals surface area contributed by atoms with Gasteiger partial charge in [-0.2, -0.15) is 0 Å². The molecule has 2 rings (SSSR count). The van der Waals surface area contributed by atoms with Gasteiger partial charge in [0.05, 0.1) is 12.1 Å². The molecule has 1 aromatic carbocycles. The smallest absolute Gasteiger partial charge is 0.0745 e. The van der Waals surface area contributed by atoms with Gasteiger partial charge in [-0.05, 0) is 44.1 Å². The Morgan fingerprint density at radius 2 is 2.06 bits per heavy atom. The Morgan fingerprint density at radius 1 is 1.33 bits per heavy atom. The topological polar surface area (TPSA) is 36.9 Å². The highest BCUT2D eigenvalue weighted by atomic mass is 16.5. The van der Waals surface area contributed by atoms with Gasteiger partial charge in [-0.25, -0.2) is 0 Å². The van der Waals surface area contributed by atoms with Gasteiger partial charge in [0.15, 0.2) is 0 Å². The third-order valence-electron chi connectivity index (χ3n) is 4.05. The molecular weight excluding hydrogens is 222 g/mol. The van der Waals surface area contributed by atoms with E-state index in [1.807, 2.05) is 0 Å². The third kappa shape index (κ3) is 3.33. The molecule has 100 valence electrons. The van der Waals surface area contributed by atoms with Crippen LogP contribution in [0.3, 0.4) is 0 Å². The van der Waals surface area contributed by atoms with Crippen molar-refractivity contribution < 1.29 is 10.5 Å².